The zero-order valence-corrected chi connectivity index (χ0v) is 16.5. The van der Waals surface area contributed by atoms with Crippen LogP contribution >= 0.6 is 0 Å². The number of aryl methyl sites for hydroxylation is 1. The third-order valence-corrected chi connectivity index (χ3v) is 3.95. The topological polar surface area (TPSA) is 64.1 Å². The van der Waals surface area contributed by atoms with Gasteiger partial charge in [-0.05, 0) is 47.4 Å². The predicted molar refractivity (Wildman–Crippen MR) is 112 cm³/mol. The highest BCUT2D eigenvalue weighted by molar-refractivity contribution is 5.88. The Morgan fingerprint density at radius 2 is 1.73 bits per heavy atom. The van der Waals surface area contributed by atoms with Crippen LogP contribution < -0.4 is 5.73 Å². The lowest BCUT2D eigenvalue weighted by Gasteiger charge is -2.09. The number of hydrogen-bond donors (Lipinski definition) is 2. The summed E-state index contributed by atoms with van der Waals surface area (Å²) in [6.45, 7) is 11.5. The summed E-state index contributed by atoms with van der Waals surface area (Å²) in [4.78, 5) is 4.06. The van der Waals surface area contributed by atoms with Gasteiger partial charge >= 0.3 is 0 Å². The summed E-state index contributed by atoms with van der Waals surface area (Å²) in [6, 6.07) is 9.90. The van der Waals surface area contributed by atoms with Crippen molar-refractivity contribution in [2.75, 3.05) is 0 Å². The number of hydrogen-bond acceptors (Lipinski definition) is 3. The van der Waals surface area contributed by atoms with Crippen LogP contribution in [-0.2, 0) is 13.5 Å². The van der Waals surface area contributed by atoms with Crippen LogP contribution in [0.5, 0.6) is 0 Å². The average Bonchev–Trinajstić information content (AvgIpc) is 3.00. The van der Waals surface area contributed by atoms with Gasteiger partial charge in [-0.1, -0.05) is 40.3 Å². The second kappa shape index (κ2) is 10.4. The maximum absolute atomic E-state index is 9.46. The van der Waals surface area contributed by atoms with Gasteiger partial charge in [-0.25, -0.2) is 0 Å². The van der Waals surface area contributed by atoms with Crippen molar-refractivity contribution >= 4 is 10.9 Å². The highest BCUT2D eigenvalue weighted by atomic mass is 16.3. The van der Waals surface area contributed by atoms with Crippen molar-refractivity contribution in [2.24, 2.45) is 12.8 Å². The molecule has 0 bridgehead atoms. The molecule has 0 spiro atoms. The van der Waals surface area contributed by atoms with E-state index in [0.717, 1.165) is 27.6 Å². The Morgan fingerprint density at radius 3 is 2.31 bits per heavy atom. The number of nitrogens with zero attached hydrogens (tertiary/aromatic N) is 2. The van der Waals surface area contributed by atoms with Crippen molar-refractivity contribution in [1.82, 2.24) is 9.55 Å². The van der Waals surface area contributed by atoms with Crippen molar-refractivity contribution in [1.29, 1.82) is 0 Å². The van der Waals surface area contributed by atoms with Crippen molar-refractivity contribution in [2.45, 2.75) is 40.2 Å². The van der Waals surface area contributed by atoms with Gasteiger partial charge in [0.05, 0.1) is 6.04 Å². The molecule has 0 fully saturated rings. The molecule has 0 aliphatic carbocycles. The van der Waals surface area contributed by atoms with Gasteiger partial charge < -0.3 is 15.4 Å². The number of pyridine rings is 1. The summed E-state index contributed by atoms with van der Waals surface area (Å²) in [5.74, 6) is 0.0160. The van der Waals surface area contributed by atoms with E-state index in [1.54, 1.807) is 12.4 Å². The molecular formula is C22H31N3O. The Hall–Kier alpha value is -2.59. The molecule has 0 saturated carbocycles. The number of aliphatic hydroxyl groups is 1. The van der Waals surface area contributed by atoms with Gasteiger partial charge in [0.1, 0.15) is 5.76 Å². The molecule has 26 heavy (non-hydrogen) atoms. The lowest BCUT2D eigenvalue weighted by atomic mass is 10.0. The summed E-state index contributed by atoms with van der Waals surface area (Å²) in [5, 5.41) is 10.6. The zero-order valence-electron chi connectivity index (χ0n) is 16.5. The van der Waals surface area contributed by atoms with E-state index in [2.05, 4.69) is 40.5 Å². The summed E-state index contributed by atoms with van der Waals surface area (Å²) in [5.41, 5.74) is 10.4. The van der Waals surface area contributed by atoms with Crippen LogP contribution in [0, 0.1) is 0 Å². The smallest absolute Gasteiger partial charge is 0.102 e. The Bertz CT molecular complexity index is 822. The molecular weight excluding hydrogens is 322 g/mol. The molecule has 0 aliphatic rings. The van der Waals surface area contributed by atoms with Gasteiger partial charge in [-0.3, -0.25) is 4.98 Å². The summed E-state index contributed by atoms with van der Waals surface area (Å²) in [7, 11) is 2.01. The predicted octanol–water partition coefficient (Wildman–Crippen LogP) is 5.23. The number of nitrogens with two attached hydrogens (primary N) is 1. The van der Waals surface area contributed by atoms with Crippen molar-refractivity contribution in [3.8, 4) is 11.1 Å². The molecule has 3 aromatic rings. The number of benzene rings is 1. The molecule has 3 rings (SSSR count). The second-order valence-electron chi connectivity index (χ2n) is 5.54. The lowest BCUT2D eigenvalue weighted by molar-refractivity contribution is 0.369. The Balaban J connectivity index is 0.000000791. The van der Waals surface area contributed by atoms with Crippen LogP contribution in [0.2, 0.25) is 0 Å². The van der Waals surface area contributed by atoms with Crippen LogP contribution in [0.15, 0.2) is 61.3 Å². The fourth-order valence-corrected chi connectivity index (χ4v) is 2.71. The number of aliphatic hydroxyl groups excluding tert-OH is 1. The molecule has 4 heteroatoms. The fourth-order valence-electron chi connectivity index (χ4n) is 2.71. The molecule has 140 valence electrons. The highest BCUT2D eigenvalue weighted by Gasteiger charge is 2.13. The lowest BCUT2D eigenvalue weighted by Crippen LogP contribution is -2.24. The third kappa shape index (κ3) is 4.96. The molecule has 0 aliphatic heterocycles. The molecule has 0 amide bonds. The molecule has 4 nitrogen and oxygen atoms in total. The highest BCUT2D eigenvalue weighted by Crippen LogP contribution is 2.28. The van der Waals surface area contributed by atoms with Crippen molar-refractivity contribution < 1.29 is 5.11 Å². The molecule has 1 aromatic carbocycles. The van der Waals surface area contributed by atoms with Crippen LogP contribution in [0.1, 0.15) is 33.3 Å². The summed E-state index contributed by atoms with van der Waals surface area (Å²) >= 11 is 0. The quantitative estimate of drug-likeness (QED) is 0.631. The van der Waals surface area contributed by atoms with E-state index in [9.17, 15) is 5.11 Å². The van der Waals surface area contributed by atoms with E-state index in [1.807, 2.05) is 46.9 Å². The van der Waals surface area contributed by atoms with Gasteiger partial charge in [0, 0.05) is 36.5 Å². The minimum Gasteiger partial charge on any atom is -0.511 e. The molecule has 3 N–H and O–H groups in total. The van der Waals surface area contributed by atoms with Crippen LogP contribution in [-0.4, -0.2) is 20.7 Å². The average molecular weight is 354 g/mol. The first-order chi connectivity index (χ1) is 12.6. The normalized spacial score (nSPS) is 11.0. The first-order valence-electron chi connectivity index (χ1n) is 9.18. The largest absolute Gasteiger partial charge is 0.511 e. The van der Waals surface area contributed by atoms with E-state index in [0.29, 0.717) is 6.42 Å². The fraction of sp³-hybridized carbons (Fsp3) is 0.318. The van der Waals surface area contributed by atoms with Gasteiger partial charge in [0.25, 0.3) is 0 Å². The van der Waals surface area contributed by atoms with E-state index >= 15 is 0 Å². The monoisotopic (exact) mass is 353 g/mol. The second-order valence-corrected chi connectivity index (χ2v) is 5.54. The van der Waals surface area contributed by atoms with E-state index in [-0.39, 0.29) is 5.76 Å². The number of aromatic nitrogens is 2. The molecule has 0 saturated heterocycles. The first kappa shape index (κ1) is 21.5. The maximum Gasteiger partial charge on any atom is 0.102 e. The van der Waals surface area contributed by atoms with Crippen molar-refractivity contribution in [3.63, 3.8) is 0 Å². The first-order valence-corrected chi connectivity index (χ1v) is 9.18. The van der Waals surface area contributed by atoms with Gasteiger partial charge in [0.15, 0.2) is 0 Å². The molecule has 1 atom stereocenters. The van der Waals surface area contributed by atoms with E-state index in [4.69, 9.17) is 5.73 Å². The van der Waals surface area contributed by atoms with E-state index < -0.39 is 6.04 Å². The summed E-state index contributed by atoms with van der Waals surface area (Å²) < 4.78 is 2.08. The van der Waals surface area contributed by atoms with Gasteiger partial charge in [-0.2, -0.15) is 0 Å². The van der Waals surface area contributed by atoms with Crippen molar-refractivity contribution in [3.05, 3.63) is 66.8 Å². The minimum atomic E-state index is -0.449. The standard InChI is InChI=1S/C18H19N3O.2C2H6/c1-12(22)17(19)10-15-11-21(2)18-4-3-14(9-16(15)18)13-5-7-20-8-6-13;2*1-2/h3-9,11,17,22H,1,10,19H2,2H3;2*1-2H3. The van der Waals surface area contributed by atoms with Crippen LogP contribution in [0.25, 0.3) is 22.0 Å². The molecule has 2 heterocycles. The number of fused-ring (bicyclic) bond motifs is 1. The SMILES string of the molecule is C=C(O)C(N)Cc1cn(C)c2ccc(-c3ccncc3)cc12.CC.CC. The van der Waals surface area contributed by atoms with Gasteiger partial charge in [0.2, 0.25) is 0 Å². The summed E-state index contributed by atoms with van der Waals surface area (Å²) in [6.07, 6.45) is 6.20. The zero-order chi connectivity index (χ0) is 19.7. The minimum absolute atomic E-state index is 0.0160. The third-order valence-electron chi connectivity index (χ3n) is 3.95. The molecule has 1 unspecified atom stereocenters. The Kier molecular flexibility index (Phi) is 8.59. The van der Waals surface area contributed by atoms with Gasteiger partial charge in [-0.15, -0.1) is 0 Å². The van der Waals surface area contributed by atoms with E-state index in [1.165, 1.54) is 0 Å². The number of rotatable bonds is 4. The molecule has 2 aromatic heterocycles. The van der Waals surface area contributed by atoms with Crippen LogP contribution in [0.4, 0.5) is 0 Å². The molecule has 0 radical (unpaired) electrons. The Morgan fingerprint density at radius 1 is 1.12 bits per heavy atom. The maximum atomic E-state index is 9.46. The Labute approximate surface area is 157 Å². The van der Waals surface area contributed by atoms with Crippen LogP contribution in [0.3, 0.4) is 0 Å².